The highest BCUT2D eigenvalue weighted by Crippen LogP contribution is 2.40. The van der Waals surface area contributed by atoms with Gasteiger partial charge in [0.1, 0.15) is 11.2 Å². The first-order valence-corrected chi connectivity index (χ1v) is 11.3. The summed E-state index contributed by atoms with van der Waals surface area (Å²) in [5.41, 5.74) is 4.71. The smallest absolute Gasteiger partial charge is 0.252 e. The van der Waals surface area contributed by atoms with Gasteiger partial charge in [0.25, 0.3) is 5.65 Å². The molecule has 4 heterocycles. The summed E-state index contributed by atoms with van der Waals surface area (Å²) in [4.78, 5) is 18.1. The number of hydrogen-bond donors (Lipinski definition) is 0. The minimum absolute atomic E-state index is 0.0425. The van der Waals surface area contributed by atoms with E-state index in [0.29, 0.717) is 0 Å². The minimum atomic E-state index is -0.399. The summed E-state index contributed by atoms with van der Waals surface area (Å²) < 4.78 is 4.12. The molecule has 164 valence electrons. The van der Waals surface area contributed by atoms with E-state index < -0.39 is 5.54 Å². The normalized spacial score (nSPS) is 14.4. The molecule has 0 aromatic carbocycles. The molecule has 1 aliphatic rings. The Morgan fingerprint density at radius 3 is 2.00 bits per heavy atom. The van der Waals surface area contributed by atoms with Gasteiger partial charge in [-0.3, -0.25) is 4.98 Å². The molecule has 0 atom stereocenters. The van der Waals surface area contributed by atoms with Crippen molar-refractivity contribution in [1.29, 1.82) is 0 Å². The van der Waals surface area contributed by atoms with Crippen LogP contribution < -0.4 is 9.96 Å². The van der Waals surface area contributed by atoms with Crippen molar-refractivity contribution in [2.24, 2.45) is 0 Å². The summed E-state index contributed by atoms with van der Waals surface area (Å²) in [5, 5.41) is 1.11. The van der Waals surface area contributed by atoms with Gasteiger partial charge in [0.2, 0.25) is 0 Å². The molecule has 4 rings (SSSR count). The van der Waals surface area contributed by atoms with E-state index in [-0.39, 0.29) is 16.4 Å². The van der Waals surface area contributed by atoms with Crippen molar-refractivity contribution in [2.45, 2.75) is 99.5 Å². The Bertz CT molecular complexity index is 1140. The molecular weight excluding hydrogens is 370 g/mol. The Labute approximate surface area is 182 Å². The van der Waals surface area contributed by atoms with Crippen LogP contribution in [0.4, 0.5) is 0 Å². The van der Waals surface area contributed by atoms with Crippen molar-refractivity contribution >= 4 is 16.6 Å². The molecule has 3 aromatic heterocycles. The molecule has 0 bridgehead atoms. The van der Waals surface area contributed by atoms with Gasteiger partial charge < -0.3 is 0 Å². The number of pyridine rings is 2. The van der Waals surface area contributed by atoms with Crippen molar-refractivity contribution in [3.8, 4) is 0 Å². The summed E-state index contributed by atoms with van der Waals surface area (Å²) in [5.74, 6) is 0. The van der Waals surface area contributed by atoms with Crippen LogP contribution in [0.15, 0.2) is 29.2 Å². The average molecular weight is 411 g/mol. The van der Waals surface area contributed by atoms with Crippen LogP contribution in [0.1, 0.15) is 100 Å². The average Bonchev–Trinajstić information content (AvgIpc) is 2.91. The summed E-state index contributed by atoms with van der Waals surface area (Å²) in [6.45, 7) is 25.2. The summed E-state index contributed by atoms with van der Waals surface area (Å²) in [6, 6.07) is 6.09. The van der Waals surface area contributed by atoms with Crippen molar-refractivity contribution < 1.29 is 4.40 Å². The lowest BCUT2D eigenvalue weighted by molar-refractivity contribution is -0.529. The second-order valence-corrected chi connectivity index (χ2v) is 10.1. The quantitative estimate of drug-likeness (QED) is 0.343. The lowest BCUT2D eigenvalue weighted by Gasteiger charge is -2.22. The fourth-order valence-electron chi connectivity index (χ4n) is 4.13. The molecule has 0 radical (unpaired) electrons. The zero-order valence-corrected chi connectivity index (χ0v) is 21.1. The Hall–Kier alpha value is -2.23. The Kier molecular flexibility index (Phi) is 6.24. The van der Waals surface area contributed by atoms with Gasteiger partial charge in [-0.1, -0.05) is 69.2 Å². The minimum Gasteiger partial charge on any atom is -0.252 e. The van der Waals surface area contributed by atoms with Crippen molar-refractivity contribution in [3.63, 3.8) is 0 Å². The molecule has 4 heteroatoms. The molecule has 0 aliphatic carbocycles. The van der Waals surface area contributed by atoms with Gasteiger partial charge in [-0.25, -0.2) is 9.20 Å². The summed E-state index contributed by atoms with van der Waals surface area (Å²) in [7, 11) is 0. The topological polar surface area (TPSA) is 39.0 Å². The van der Waals surface area contributed by atoms with Gasteiger partial charge in [0.05, 0.1) is 23.2 Å². The second kappa shape index (κ2) is 7.79. The number of rotatable bonds is 0. The lowest BCUT2D eigenvalue weighted by atomic mass is 9.86. The third kappa shape index (κ3) is 3.55. The van der Waals surface area contributed by atoms with E-state index in [1.54, 1.807) is 6.07 Å². The van der Waals surface area contributed by atoms with Crippen molar-refractivity contribution in [3.05, 3.63) is 51.7 Å². The van der Waals surface area contributed by atoms with E-state index in [0.717, 1.165) is 27.9 Å². The van der Waals surface area contributed by atoms with E-state index in [1.807, 2.05) is 32.3 Å². The first-order chi connectivity index (χ1) is 13.8. The molecule has 3 aromatic rings. The molecule has 0 saturated heterocycles. The first-order valence-electron chi connectivity index (χ1n) is 11.3. The maximum Gasteiger partial charge on any atom is 0.338 e. The van der Waals surface area contributed by atoms with Gasteiger partial charge in [-0.15, -0.1) is 0 Å². The Balaban J connectivity index is 0.000000757. The SMILES string of the molecule is CC.CC.CC(C)(C)c1cc2c3c(cc[n+]4c(C(C)(C)C)cc(=O)n(c34)C2(C)C)n1. The van der Waals surface area contributed by atoms with E-state index in [1.165, 1.54) is 5.56 Å². The fourth-order valence-corrected chi connectivity index (χ4v) is 4.13. The van der Waals surface area contributed by atoms with Crippen LogP contribution in [0.25, 0.3) is 16.6 Å². The predicted molar refractivity (Wildman–Crippen MR) is 128 cm³/mol. The van der Waals surface area contributed by atoms with Crippen LogP contribution in [-0.4, -0.2) is 9.55 Å². The molecule has 1 aliphatic heterocycles. The molecule has 0 unspecified atom stereocenters. The highest BCUT2D eigenvalue weighted by Gasteiger charge is 2.44. The summed E-state index contributed by atoms with van der Waals surface area (Å²) in [6.07, 6.45) is 2.07. The lowest BCUT2D eigenvalue weighted by Crippen LogP contribution is -2.44. The molecule has 30 heavy (non-hydrogen) atoms. The Morgan fingerprint density at radius 2 is 1.50 bits per heavy atom. The van der Waals surface area contributed by atoms with E-state index in [4.69, 9.17) is 4.98 Å². The fraction of sp³-hybridized carbons (Fsp3) is 0.577. The zero-order chi connectivity index (χ0) is 23.2. The maximum atomic E-state index is 13.1. The van der Waals surface area contributed by atoms with Gasteiger partial charge in [0.15, 0.2) is 0 Å². The first kappa shape index (κ1) is 24.0. The molecule has 0 spiro atoms. The van der Waals surface area contributed by atoms with Crippen LogP contribution in [0.5, 0.6) is 0 Å². The monoisotopic (exact) mass is 410 g/mol. The van der Waals surface area contributed by atoms with Gasteiger partial charge in [-0.2, -0.15) is 4.57 Å². The number of hydrogen-bond acceptors (Lipinski definition) is 2. The standard InChI is InChI=1S/C22H28N3O.2C2H6/c1-20(2,3)15-11-13-18-14(23-15)9-10-24-16(21(4,5)6)12-17(26)25(19(18)24)22(13,7)8;2*1-2/h9-12H,1-8H3;2*1-2H3/q+1;;. The zero-order valence-electron chi connectivity index (χ0n) is 21.1. The third-order valence-electron chi connectivity index (χ3n) is 5.59. The van der Waals surface area contributed by atoms with Crippen LogP contribution in [-0.2, 0) is 16.4 Å². The third-order valence-corrected chi connectivity index (χ3v) is 5.59. The molecule has 4 nitrogen and oxygen atoms in total. The van der Waals surface area contributed by atoms with Gasteiger partial charge in [-0.05, 0) is 19.9 Å². The van der Waals surface area contributed by atoms with E-state index in [9.17, 15) is 4.79 Å². The molecule has 0 fully saturated rings. The number of aromatic nitrogens is 3. The molecule has 0 saturated carbocycles. The molecule has 0 N–H and O–H groups in total. The predicted octanol–water partition coefficient (Wildman–Crippen LogP) is 5.88. The maximum absolute atomic E-state index is 13.1. The highest BCUT2D eigenvalue weighted by atomic mass is 16.1. The highest BCUT2D eigenvalue weighted by molar-refractivity contribution is 5.96. The van der Waals surface area contributed by atoms with Crippen LogP contribution in [0, 0.1) is 0 Å². The van der Waals surface area contributed by atoms with E-state index >= 15 is 0 Å². The van der Waals surface area contributed by atoms with Crippen molar-refractivity contribution in [1.82, 2.24) is 9.55 Å². The molecule has 0 amide bonds. The second-order valence-electron chi connectivity index (χ2n) is 10.1. The Morgan fingerprint density at radius 1 is 0.933 bits per heavy atom. The van der Waals surface area contributed by atoms with E-state index in [2.05, 4.69) is 78.1 Å². The summed E-state index contributed by atoms with van der Waals surface area (Å²) >= 11 is 0. The van der Waals surface area contributed by atoms with Gasteiger partial charge in [0, 0.05) is 28.2 Å². The van der Waals surface area contributed by atoms with Crippen LogP contribution in [0.2, 0.25) is 0 Å². The van der Waals surface area contributed by atoms with Crippen LogP contribution in [0.3, 0.4) is 0 Å². The van der Waals surface area contributed by atoms with Crippen molar-refractivity contribution in [2.75, 3.05) is 0 Å². The number of nitrogens with zero attached hydrogens (tertiary/aromatic N) is 3. The molecular formula is C26H40N3O+. The largest absolute Gasteiger partial charge is 0.338 e. The van der Waals surface area contributed by atoms with Gasteiger partial charge >= 0.3 is 5.56 Å². The van der Waals surface area contributed by atoms with Crippen LogP contribution >= 0.6 is 0 Å².